The Kier molecular flexibility index (Phi) is 8.70. The Morgan fingerprint density at radius 2 is 1.68 bits per heavy atom. The van der Waals surface area contributed by atoms with Crippen molar-refractivity contribution >= 4 is 54.0 Å². The van der Waals surface area contributed by atoms with Gasteiger partial charge in [-0.15, -0.1) is 6.58 Å². The molecule has 1 heterocycles. The highest BCUT2D eigenvalue weighted by molar-refractivity contribution is 14.1. The number of methoxy groups -OCH3 is 1. The number of fused-ring (bicyclic) bond motifs is 1. The van der Waals surface area contributed by atoms with Crippen molar-refractivity contribution in [2.45, 2.75) is 35.2 Å². The largest absolute Gasteiger partial charge is 0.494 e. The van der Waals surface area contributed by atoms with Crippen LogP contribution in [0.1, 0.15) is 18.4 Å². The van der Waals surface area contributed by atoms with Crippen LogP contribution in [-0.2, 0) is 26.5 Å². The monoisotopic (exact) mass is 668 g/mol. The van der Waals surface area contributed by atoms with E-state index >= 15 is 0 Å². The van der Waals surface area contributed by atoms with E-state index in [4.69, 9.17) is 4.74 Å². The number of anilines is 2. The third-order valence-electron chi connectivity index (χ3n) is 6.33. The molecule has 1 N–H and O–H groups in total. The molecule has 0 saturated heterocycles. The van der Waals surface area contributed by atoms with E-state index < -0.39 is 26.2 Å². The van der Waals surface area contributed by atoms with Gasteiger partial charge in [-0.25, -0.2) is 16.8 Å². The Morgan fingerprint density at radius 1 is 1.08 bits per heavy atom. The lowest BCUT2D eigenvalue weighted by molar-refractivity contribution is 0.170. The molecule has 0 aliphatic carbocycles. The molecule has 0 radical (unpaired) electrons. The summed E-state index contributed by atoms with van der Waals surface area (Å²) in [5.41, 5.74) is 1.19. The molecule has 3 aromatic rings. The van der Waals surface area contributed by atoms with Crippen molar-refractivity contribution < 1.29 is 26.7 Å². The lowest BCUT2D eigenvalue weighted by atomic mass is 10.0. The number of ether oxygens (including phenoxy) is 1. The summed E-state index contributed by atoms with van der Waals surface area (Å²) in [5.74, 6) is 0.210. The van der Waals surface area contributed by atoms with Crippen LogP contribution >= 0.6 is 22.6 Å². The summed E-state index contributed by atoms with van der Waals surface area (Å²) in [6.07, 6.45) is 1.57. The standard InChI is InChI=1S/C27H29IN2O6S2/c1-3-4-16-30(38(34,35)22-13-9-6-10-14-22)27-25(36-2)19-24-23(26(27)28)18-20(31)15-17-29(24)37(32,33)21-11-7-5-8-12-21/h3,5-14,19-20,31H,1,4,15-18H2,2H3. The van der Waals surface area contributed by atoms with Gasteiger partial charge in [-0.2, -0.15) is 0 Å². The lowest BCUT2D eigenvalue weighted by Crippen LogP contribution is -2.34. The molecule has 8 nitrogen and oxygen atoms in total. The second kappa shape index (κ2) is 11.6. The van der Waals surface area contributed by atoms with Crippen molar-refractivity contribution in [2.24, 2.45) is 0 Å². The Balaban J connectivity index is 1.96. The summed E-state index contributed by atoms with van der Waals surface area (Å²) in [6.45, 7) is 3.90. The van der Waals surface area contributed by atoms with Gasteiger partial charge in [-0.1, -0.05) is 42.5 Å². The number of hydrogen-bond acceptors (Lipinski definition) is 6. The third kappa shape index (κ3) is 5.42. The Bertz CT molecular complexity index is 1510. The summed E-state index contributed by atoms with van der Waals surface area (Å²) < 4.78 is 63.9. The van der Waals surface area contributed by atoms with E-state index in [-0.39, 0.29) is 41.5 Å². The maximum absolute atomic E-state index is 13.8. The van der Waals surface area contributed by atoms with Crippen LogP contribution in [-0.4, -0.2) is 48.2 Å². The van der Waals surface area contributed by atoms with Crippen molar-refractivity contribution in [2.75, 3.05) is 28.8 Å². The van der Waals surface area contributed by atoms with Crippen molar-refractivity contribution in [1.82, 2.24) is 0 Å². The second-order valence-corrected chi connectivity index (χ2v) is 13.5. The molecular weight excluding hydrogens is 639 g/mol. The molecule has 0 bridgehead atoms. The molecule has 1 atom stereocenters. The quantitative estimate of drug-likeness (QED) is 0.265. The molecule has 202 valence electrons. The van der Waals surface area contributed by atoms with Crippen LogP contribution in [0.25, 0.3) is 0 Å². The summed E-state index contributed by atoms with van der Waals surface area (Å²) >= 11 is 2.03. The maximum atomic E-state index is 13.8. The summed E-state index contributed by atoms with van der Waals surface area (Å²) in [6, 6.07) is 17.7. The Labute approximate surface area is 237 Å². The summed E-state index contributed by atoms with van der Waals surface area (Å²) in [5, 5.41) is 10.7. The zero-order valence-corrected chi connectivity index (χ0v) is 24.6. The first-order chi connectivity index (χ1) is 18.1. The first kappa shape index (κ1) is 28.4. The molecule has 1 unspecified atom stereocenters. The number of aliphatic hydroxyl groups is 1. The molecule has 4 rings (SSSR count). The normalized spacial score (nSPS) is 15.9. The lowest BCUT2D eigenvalue weighted by Gasteiger charge is -2.31. The highest BCUT2D eigenvalue weighted by atomic mass is 127. The third-order valence-corrected chi connectivity index (χ3v) is 11.1. The van der Waals surface area contributed by atoms with Crippen molar-refractivity contribution in [3.8, 4) is 5.75 Å². The van der Waals surface area contributed by atoms with E-state index in [0.717, 1.165) is 0 Å². The van der Waals surface area contributed by atoms with E-state index in [1.54, 1.807) is 48.5 Å². The van der Waals surface area contributed by atoms with Gasteiger partial charge in [0.1, 0.15) is 11.4 Å². The average Bonchev–Trinajstić information content (AvgIpc) is 3.09. The van der Waals surface area contributed by atoms with Crippen LogP contribution in [0, 0.1) is 3.57 Å². The Morgan fingerprint density at radius 3 is 2.26 bits per heavy atom. The molecule has 11 heteroatoms. The maximum Gasteiger partial charge on any atom is 0.264 e. The van der Waals surface area contributed by atoms with Crippen molar-refractivity contribution in [1.29, 1.82) is 0 Å². The predicted octanol–water partition coefficient (Wildman–Crippen LogP) is 4.57. The molecule has 1 aliphatic heterocycles. The molecule has 1 aliphatic rings. The van der Waals surface area contributed by atoms with Gasteiger partial charge in [0, 0.05) is 29.1 Å². The highest BCUT2D eigenvalue weighted by Gasteiger charge is 2.36. The van der Waals surface area contributed by atoms with E-state index in [9.17, 15) is 21.9 Å². The van der Waals surface area contributed by atoms with E-state index in [1.807, 2.05) is 22.6 Å². The Hall–Kier alpha value is -2.61. The molecule has 3 aromatic carbocycles. The van der Waals surface area contributed by atoms with Crippen molar-refractivity contribution in [3.05, 3.63) is 88.5 Å². The zero-order valence-electron chi connectivity index (χ0n) is 20.8. The van der Waals surface area contributed by atoms with Crippen LogP contribution < -0.4 is 13.3 Å². The first-order valence-corrected chi connectivity index (χ1v) is 15.9. The average molecular weight is 669 g/mol. The van der Waals surface area contributed by atoms with Gasteiger partial charge in [-0.05, 0) is 65.3 Å². The number of halogens is 1. The smallest absolute Gasteiger partial charge is 0.264 e. The van der Waals surface area contributed by atoms with Crippen LogP contribution in [0.4, 0.5) is 11.4 Å². The molecule has 0 amide bonds. The van der Waals surface area contributed by atoms with Gasteiger partial charge >= 0.3 is 0 Å². The minimum absolute atomic E-state index is 0.0620. The van der Waals surface area contributed by atoms with Crippen molar-refractivity contribution in [3.63, 3.8) is 0 Å². The number of hydrogen-bond donors (Lipinski definition) is 1. The number of rotatable bonds is 9. The summed E-state index contributed by atoms with van der Waals surface area (Å²) in [7, 11) is -6.55. The number of sulfonamides is 2. The fourth-order valence-electron chi connectivity index (χ4n) is 4.42. The highest BCUT2D eigenvalue weighted by Crippen LogP contribution is 2.45. The fraction of sp³-hybridized carbons (Fsp3) is 0.259. The molecule has 0 aromatic heterocycles. The zero-order chi connectivity index (χ0) is 27.5. The van der Waals surface area contributed by atoms with Crippen LogP contribution in [0.15, 0.2) is 89.2 Å². The van der Waals surface area contributed by atoms with Crippen LogP contribution in [0.3, 0.4) is 0 Å². The number of aliphatic hydroxyl groups excluding tert-OH is 1. The topological polar surface area (TPSA) is 104 Å². The first-order valence-electron chi connectivity index (χ1n) is 12.0. The van der Waals surface area contributed by atoms with Gasteiger partial charge in [-0.3, -0.25) is 8.61 Å². The van der Waals surface area contributed by atoms with Crippen LogP contribution in [0.5, 0.6) is 5.75 Å². The minimum atomic E-state index is -4.01. The van der Waals surface area contributed by atoms with Gasteiger partial charge in [0.25, 0.3) is 20.0 Å². The van der Waals surface area contributed by atoms with Gasteiger partial charge < -0.3 is 9.84 Å². The van der Waals surface area contributed by atoms with E-state index in [0.29, 0.717) is 26.9 Å². The second-order valence-electron chi connectivity index (χ2n) is 8.74. The molecular formula is C27H29IN2O6S2. The van der Waals surface area contributed by atoms with Gasteiger partial charge in [0.15, 0.2) is 0 Å². The van der Waals surface area contributed by atoms with Gasteiger partial charge in [0.05, 0.1) is 28.7 Å². The molecule has 38 heavy (non-hydrogen) atoms. The minimum Gasteiger partial charge on any atom is -0.494 e. The molecule has 0 spiro atoms. The van der Waals surface area contributed by atoms with Crippen LogP contribution in [0.2, 0.25) is 0 Å². The van der Waals surface area contributed by atoms with E-state index in [2.05, 4.69) is 6.58 Å². The number of benzene rings is 3. The van der Waals surface area contributed by atoms with E-state index in [1.165, 1.54) is 40.0 Å². The predicted molar refractivity (Wildman–Crippen MR) is 157 cm³/mol. The van der Waals surface area contributed by atoms with Gasteiger partial charge in [0.2, 0.25) is 0 Å². The molecule has 0 saturated carbocycles. The summed E-state index contributed by atoms with van der Waals surface area (Å²) in [4.78, 5) is 0.241. The fourth-order valence-corrected chi connectivity index (χ4v) is 8.69. The number of nitrogens with zero attached hydrogens (tertiary/aromatic N) is 2. The SMILES string of the molecule is C=CCCN(c1c(OC)cc2c(c1I)CC(O)CCN2S(=O)(=O)c1ccccc1)S(=O)(=O)c1ccccc1. The molecule has 0 fully saturated rings.